The third-order valence-corrected chi connectivity index (χ3v) is 4.85. The summed E-state index contributed by atoms with van der Waals surface area (Å²) in [7, 11) is 0. The lowest BCUT2D eigenvalue weighted by molar-refractivity contribution is -0.144. The fourth-order valence-electron chi connectivity index (χ4n) is 3.41. The summed E-state index contributed by atoms with van der Waals surface area (Å²) in [6, 6.07) is 5.09. The Bertz CT molecular complexity index is 904. The molecule has 0 amide bonds. The van der Waals surface area contributed by atoms with Crippen molar-refractivity contribution in [3.8, 4) is 17.6 Å². The summed E-state index contributed by atoms with van der Waals surface area (Å²) in [6.07, 6.45) is 3.76. The molecule has 0 spiro atoms. The summed E-state index contributed by atoms with van der Waals surface area (Å²) in [5.41, 5.74) is 2.68. The molecule has 0 aliphatic heterocycles. The van der Waals surface area contributed by atoms with Crippen LogP contribution in [0.4, 0.5) is 0 Å². The number of rotatable bonds is 5. The minimum Gasteiger partial charge on any atom is -0.480 e. The van der Waals surface area contributed by atoms with Gasteiger partial charge in [0, 0.05) is 5.92 Å². The first-order valence-corrected chi connectivity index (χ1v) is 9.13. The van der Waals surface area contributed by atoms with Crippen molar-refractivity contribution in [3.63, 3.8) is 0 Å². The maximum absolute atomic E-state index is 11.8. The van der Waals surface area contributed by atoms with E-state index in [-0.39, 0.29) is 0 Å². The number of aryl methyl sites for hydroxylation is 2. The number of nitriles is 1. The molecule has 1 heterocycles. The SMILES string of the molecule is Cc1cc(Oc2cn(C(C(=O)O)C(C)(C)C)nc2C2CC2)cc(C)c1C#N. The van der Waals surface area contributed by atoms with Crippen LogP contribution in [-0.2, 0) is 4.79 Å². The van der Waals surface area contributed by atoms with Gasteiger partial charge < -0.3 is 9.84 Å². The Morgan fingerprint density at radius 1 is 1.33 bits per heavy atom. The molecule has 1 aromatic carbocycles. The molecule has 0 radical (unpaired) electrons. The number of hydrogen-bond donors (Lipinski definition) is 1. The van der Waals surface area contributed by atoms with Gasteiger partial charge in [0.1, 0.15) is 11.4 Å². The number of carboxylic acids is 1. The zero-order valence-corrected chi connectivity index (χ0v) is 16.4. The van der Waals surface area contributed by atoms with E-state index in [1.165, 1.54) is 4.68 Å². The van der Waals surface area contributed by atoms with E-state index in [4.69, 9.17) is 4.74 Å². The fourth-order valence-corrected chi connectivity index (χ4v) is 3.41. The van der Waals surface area contributed by atoms with E-state index in [0.29, 0.717) is 23.0 Å². The number of hydrogen-bond acceptors (Lipinski definition) is 4. The first-order chi connectivity index (χ1) is 12.6. The minimum atomic E-state index is -0.913. The summed E-state index contributed by atoms with van der Waals surface area (Å²) in [6.45, 7) is 9.42. The molecule has 1 saturated carbocycles. The molecule has 3 rings (SSSR count). The minimum absolute atomic E-state index is 0.316. The van der Waals surface area contributed by atoms with Crippen molar-refractivity contribution in [2.75, 3.05) is 0 Å². The van der Waals surface area contributed by atoms with E-state index >= 15 is 0 Å². The molecule has 0 bridgehead atoms. The summed E-state index contributed by atoms with van der Waals surface area (Å²) in [5.74, 6) is 0.629. The first kappa shape index (κ1) is 19.0. The lowest BCUT2D eigenvalue weighted by Gasteiger charge is -2.26. The van der Waals surface area contributed by atoms with E-state index in [9.17, 15) is 15.2 Å². The number of carbonyl (C=O) groups is 1. The molecule has 1 aliphatic carbocycles. The number of ether oxygens (including phenoxy) is 1. The Morgan fingerprint density at radius 2 is 1.93 bits per heavy atom. The van der Waals surface area contributed by atoms with E-state index in [0.717, 1.165) is 29.7 Å². The van der Waals surface area contributed by atoms with Crippen LogP contribution in [0.15, 0.2) is 18.3 Å². The summed E-state index contributed by atoms with van der Waals surface area (Å²) < 4.78 is 7.63. The predicted molar refractivity (Wildman–Crippen MR) is 101 cm³/mol. The van der Waals surface area contributed by atoms with Gasteiger partial charge in [0.15, 0.2) is 11.8 Å². The van der Waals surface area contributed by atoms with Gasteiger partial charge in [-0.3, -0.25) is 4.68 Å². The maximum atomic E-state index is 11.8. The molecule has 6 heteroatoms. The number of nitrogens with zero attached hydrogens (tertiary/aromatic N) is 3. The van der Waals surface area contributed by atoms with Gasteiger partial charge in [-0.25, -0.2) is 4.79 Å². The standard InChI is InChI=1S/C21H25N3O3/c1-12-8-15(9-13(2)16(12)10-22)27-17-11-24(23-18(17)14-6-7-14)19(20(25)26)21(3,4)5/h8-9,11,14,19H,6-7H2,1-5H3,(H,25,26). The normalized spacial score (nSPS) is 15.3. The van der Waals surface area contributed by atoms with Crippen molar-refractivity contribution >= 4 is 5.97 Å². The van der Waals surface area contributed by atoms with Gasteiger partial charge in [0.2, 0.25) is 0 Å². The van der Waals surface area contributed by atoms with Gasteiger partial charge in [-0.1, -0.05) is 20.8 Å². The number of aromatic nitrogens is 2. The lowest BCUT2D eigenvalue weighted by atomic mass is 9.87. The molecular formula is C21H25N3O3. The molecule has 0 saturated heterocycles. The lowest BCUT2D eigenvalue weighted by Crippen LogP contribution is -2.31. The second kappa shape index (κ2) is 6.73. The van der Waals surface area contributed by atoms with Crippen LogP contribution in [0.5, 0.6) is 11.5 Å². The smallest absolute Gasteiger partial charge is 0.329 e. The monoisotopic (exact) mass is 367 g/mol. The average molecular weight is 367 g/mol. The summed E-state index contributed by atoms with van der Waals surface area (Å²) in [5, 5.41) is 23.5. The molecule has 27 heavy (non-hydrogen) atoms. The van der Waals surface area contributed by atoms with Crippen LogP contribution < -0.4 is 4.74 Å². The molecule has 1 unspecified atom stereocenters. The van der Waals surface area contributed by atoms with Crippen molar-refractivity contribution in [3.05, 3.63) is 40.7 Å². The highest BCUT2D eigenvalue weighted by Crippen LogP contribution is 2.45. The Hall–Kier alpha value is -2.81. The Labute approximate surface area is 159 Å². The van der Waals surface area contributed by atoms with Crippen LogP contribution in [0.1, 0.15) is 68.0 Å². The molecule has 2 aromatic rings. The largest absolute Gasteiger partial charge is 0.480 e. The number of carboxylic acid groups (broad SMARTS) is 1. The third-order valence-electron chi connectivity index (χ3n) is 4.85. The molecule has 1 aliphatic rings. The van der Waals surface area contributed by atoms with E-state index in [1.54, 1.807) is 6.20 Å². The fraction of sp³-hybridized carbons (Fsp3) is 0.476. The summed E-state index contributed by atoms with van der Waals surface area (Å²) in [4.78, 5) is 11.8. The van der Waals surface area contributed by atoms with Gasteiger partial charge >= 0.3 is 5.97 Å². The molecule has 142 valence electrons. The van der Waals surface area contributed by atoms with Crippen molar-refractivity contribution < 1.29 is 14.6 Å². The second-order valence-electron chi connectivity index (χ2n) is 8.39. The Kier molecular flexibility index (Phi) is 4.73. The van der Waals surface area contributed by atoms with Crippen LogP contribution in [0.2, 0.25) is 0 Å². The Morgan fingerprint density at radius 3 is 2.37 bits per heavy atom. The van der Waals surface area contributed by atoms with Crippen LogP contribution in [-0.4, -0.2) is 20.9 Å². The van der Waals surface area contributed by atoms with Gasteiger partial charge in [0.25, 0.3) is 0 Å². The molecule has 6 nitrogen and oxygen atoms in total. The Balaban J connectivity index is 2.00. The van der Waals surface area contributed by atoms with Gasteiger partial charge in [-0.15, -0.1) is 0 Å². The van der Waals surface area contributed by atoms with Gasteiger partial charge in [-0.05, 0) is 55.4 Å². The van der Waals surface area contributed by atoms with Crippen molar-refractivity contribution in [1.29, 1.82) is 5.26 Å². The highest BCUT2D eigenvalue weighted by molar-refractivity contribution is 5.72. The summed E-state index contributed by atoms with van der Waals surface area (Å²) >= 11 is 0. The zero-order valence-electron chi connectivity index (χ0n) is 16.4. The molecule has 1 aromatic heterocycles. The van der Waals surface area contributed by atoms with E-state index in [2.05, 4.69) is 11.2 Å². The van der Waals surface area contributed by atoms with Crippen LogP contribution in [0.25, 0.3) is 0 Å². The van der Waals surface area contributed by atoms with E-state index in [1.807, 2.05) is 46.8 Å². The zero-order chi connectivity index (χ0) is 19.9. The van der Waals surface area contributed by atoms with Gasteiger partial charge in [-0.2, -0.15) is 10.4 Å². The number of benzene rings is 1. The van der Waals surface area contributed by atoms with E-state index < -0.39 is 17.4 Å². The first-order valence-electron chi connectivity index (χ1n) is 9.13. The molecule has 1 atom stereocenters. The molecule has 1 fully saturated rings. The van der Waals surface area contributed by atoms with Crippen LogP contribution >= 0.6 is 0 Å². The average Bonchev–Trinajstić information content (AvgIpc) is 3.28. The highest BCUT2D eigenvalue weighted by Gasteiger charge is 2.37. The van der Waals surface area contributed by atoms with Crippen LogP contribution in [0, 0.1) is 30.6 Å². The van der Waals surface area contributed by atoms with Crippen molar-refractivity contribution in [1.82, 2.24) is 9.78 Å². The molecule has 1 N–H and O–H groups in total. The van der Waals surface area contributed by atoms with Crippen molar-refractivity contribution in [2.45, 2.75) is 59.4 Å². The van der Waals surface area contributed by atoms with Gasteiger partial charge in [0.05, 0.1) is 17.8 Å². The number of aliphatic carboxylic acids is 1. The van der Waals surface area contributed by atoms with Crippen molar-refractivity contribution in [2.24, 2.45) is 5.41 Å². The topological polar surface area (TPSA) is 88.1 Å². The maximum Gasteiger partial charge on any atom is 0.329 e. The molecular weight excluding hydrogens is 342 g/mol. The second-order valence-corrected chi connectivity index (χ2v) is 8.39. The highest BCUT2D eigenvalue weighted by atomic mass is 16.5. The third kappa shape index (κ3) is 3.82. The quantitative estimate of drug-likeness (QED) is 0.826. The van der Waals surface area contributed by atoms with Crippen LogP contribution in [0.3, 0.4) is 0 Å². The predicted octanol–water partition coefficient (Wildman–Crippen LogP) is 4.71.